The summed E-state index contributed by atoms with van der Waals surface area (Å²) < 4.78 is 15.9. The molecule has 1 fully saturated rings. The third-order valence-electron chi connectivity index (χ3n) is 4.86. The zero-order chi connectivity index (χ0) is 18.0. The van der Waals surface area contributed by atoms with Gasteiger partial charge in [-0.3, -0.25) is 4.79 Å². The molecule has 0 unspecified atom stereocenters. The summed E-state index contributed by atoms with van der Waals surface area (Å²) in [5.41, 5.74) is 0.391. The van der Waals surface area contributed by atoms with Crippen LogP contribution in [0.1, 0.15) is 48.8 Å². The molecular weight excluding hydrogens is 343 g/mol. The molecule has 1 amide bonds. The number of aromatic nitrogens is 3. The molecule has 1 aromatic carbocycles. The summed E-state index contributed by atoms with van der Waals surface area (Å²) in [6.07, 6.45) is 3.78. The highest BCUT2D eigenvalue weighted by molar-refractivity contribution is 6.31. The van der Waals surface area contributed by atoms with E-state index in [2.05, 4.69) is 15.4 Å². The molecule has 1 heterocycles. The molecule has 1 N–H and O–H groups in total. The fraction of sp³-hybridized carbons (Fsp3) is 0.500. The average Bonchev–Trinajstić information content (AvgIpc) is 2.98. The zero-order valence-electron chi connectivity index (χ0n) is 14.4. The summed E-state index contributed by atoms with van der Waals surface area (Å²) in [7, 11) is 1.66. The highest BCUT2D eigenvalue weighted by Gasteiger charge is 2.35. The van der Waals surface area contributed by atoms with Gasteiger partial charge in [-0.05, 0) is 31.9 Å². The topological polar surface area (TPSA) is 59.8 Å². The molecule has 25 heavy (non-hydrogen) atoms. The summed E-state index contributed by atoms with van der Waals surface area (Å²) in [6, 6.07) is 4.63. The van der Waals surface area contributed by atoms with Crippen molar-refractivity contribution in [3.8, 4) is 0 Å². The van der Waals surface area contributed by atoms with Gasteiger partial charge in [-0.15, -0.1) is 0 Å². The number of benzene rings is 1. The predicted molar refractivity (Wildman–Crippen MR) is 94.0 cm³/mol. The molecule has 7 heteroatoms. The van der Waals surface area contributed by atoms with Crippen LogP contribution in [0.4, 0.5) is 4.39 Å². The first-order valence-electron chi connectivity index (χ1n) is 8.57. The van der Waals surface area contributed by atoms with Crippen molar-refractivity contribution in [3.63, 3.8) is 0 Å². The number of amides is 1. The molecule has 0 radical (unpaired) electrons. The third-order valence-corrected chi connectivity index (χ3v) is 5.21. The normalized spacial score (nSPS) is 20.5. The fourth-order valence-electron chi connectivity index (χ4n) is 3.63. The van der Waals surface area contributed by atoms with E-state index in [1.165, 1.54) is 6.07 Å². The lowest BCUT2D eigenvalue weighted by Crippen LogP contribution is -2.35. The predicted octanol–water partition coefficient (Wildman–Crippen LogP) is 3.45. The molecule has 5 nitrogen and oxygen atoms in total. The number of hydrogen-bond acceptors (Lipinski definition) is 3. The van der Waals surface area contributed by atoms with Crippen molar-refractivity contribution >= 4 is 17.5 Å². The molecule has 0 bridgehead atoms. The van der Waals surface area contributed by atoms with E-state index in [4.69, 9.17) is 11.6 Å². The summed E-state index contributed by atoms with van der Waals surface area (Å²) in [6.45, 7) is 2.01. The van der Waals surface area contributed by atoms with Crippen LogP contribution in [-0.2, 0) is 11.3 Å². The molecule has 1 aliphatic carbocycles. The Balaban J connectivity index is 1.96. The Hall–Kier alpha value is -1.95. The second-order valence-electron chi connectivity index (χ2n) is 6.49. The number of rotatable bonds is 4. The first-order chi connectivity index (χ1) is 12.0. The highest BCUT2D eigenvalue weighted by atomic mass is 35.5. The molecule has 0 saturated heterocycles. The number of halogens is 2. The Morgan fingerprint density at radius 3 is 2.88 bits per heavy atom. The van der Waals surface area contributed by atoms with Crippen LogP contribution in [0.25, 0.3) is 0 Å². The van der Waals surface area contributed by atoms with Crippen LogP contribution >= 0.6 is 11.6 Å². The minimum atomic E-state index is -0.363. The Labute approximate surface area is 151 Å². The van der Waals surface area contributed by atoms with E-state index in [1.807, 2.05) is 0 Å². The fourth-order valence-corrected chi connectivity index (χ4v) is 3.86. The van der Waals surface area contributed by atoms with Crippen LogP contribution in [-0.4, -0.2) is 27.7 Å². The Morgan fingerprint density at radius 1 is 1.40 bits per heavy atom. The molecule has 0 spiro atoms. The maximum Gasteiger partial charge on any atom is 0.223 e. The van der Waals surface area contributed by atoms with E-state index in [1.54, 1.807) is 30.8 Å². The maximum absolute atomic E-state index is 14.2. The molecule has 134 valence electrons. The van der Waals surface area contributed by atoms with Gasteiger partial charge in [0.25, 0.3) is 0 Å². The highest BCUT2D eigenvalue weighted by Crippen LogP contribution is 2.37. The van der Waals surface area contributed by atoms with Gasteiger partial charge in [-0.2, -0.15) is 5.10 Å². The van der Waals surface area contributed by atoms with Crippen molar-refractivity contribution in [1.82, 2.24) is 20.1 Å². The number of carbonyl (C=O) groups excluding carboxylic acids is 1. The SMILES string of the molecule is CNC(=O)[C@H]1CCCC[C@H]1c1nc(C)nn1Cc1c(F)cccc1Cl. The molecule has 2 atom stereocenters. The summed E-state index contributed by atoms with van der Waals surface area (Å²) in [5, 5.41) is 7.55. The number of nitrogens with one attached hydrogen (secondary N) is 1. The average molecular weight is 365 g/mol. The van der Waals surface area contributed by atoms with Gasteiger partial charge in [0.2, 0.25) is 5.91 Å². The number of aryl methyl sites for hydroxylation is 1. The first-order valence-corrected chi connectivity index (χ1v) is 8.95. The van der Waals surface area contributed by atoms with Gasteiger partial charge in [-0.25, -0.2) is 14.1 Å². The summed E-state index contributed by atoms with van der Waals surface area (Å²) in [4.78, 5) is 16.8. The lowest BCUT2D eigenvalue weighted by Gasteiger charge is -2.29. The monoisotopic (exact) mass is 364 g/mol. The van der Waals surface area contributed by atoms with Crippen molar-refractivity contribution in [3.05, 3.63) is 46.3 Å². The first kappa shape index (κ1) is 17.9. The van der Waals surface area contributed by atoms with Crippen molar-refractivity contribution in [2.75, 3.05) is 7.05 Å². The van der Waals surface area contributed by atoms with Crippen LogP contribution in [0.5, 0.6) is 0 Å². The van der Waals surface area contributed by atoms with Crippen molar-refractivity contribution < 1.29 is 9.18 Å². The van der Waals surface area contributed by atoms with Gasteiger partial charge in [0.15, 0.2) is 0 Å². The van der Waals surface area contributed by atoms with Gasteiger partial charge in [0, 0.05) is 29.5 Å². The van der Waals surface area contributed by atoms with Crippen LogP contribution in [0, 0.1) is 18.7 Å². The third kappa shape index (κ3) is 3.68. The van der Waals surface area contributed by atoms with E-state index in [-0.39, 0.29) is 30.1 Å². The van der Waals surface area contributed by atoms with Crippen molar-refractivity contribution in [1.29, 1.82) is 0 Å². The number of hydrogen-bond donors (Lipinski definition) is 1. The second kappa shape index (κ2) is 7.52. The quantitative estimate of drug-likeness (QED) is 0.903. The Bertz CT molecular complexity index is 756. The largest absolute Gasteiger partial charge is 0.359 e. The van der Waals surface area contributed by atoms with E-state index >= 15 is 0 Å². The standard InChI is InChI=1S/C18H22ClFN4O/c1-11-22-17(12-6-3-4-7-13(12)18(25)21-2)24(23-11)10-14-15(19)8-5-9-16(14)20/h5,8-9,12-13H,3-4,6-7,10H2,1-2H3,(H,21,25)/t12-,13+/m1/s1. The molecule has 0 aliphatic heterocycles. The Kier molecular flexibility index (Phi) is 5.37. The number of carbonyl (C=O) groups is 1. The van der Waals surface area contributed by atoms with Crippen molar-refractivity contribution in [2.45, 2.75) is 45.1 Å². The van der Waals surface area contributed by atoms with E-state index in [0.29, 0.717) is 16.4 Å². The smallest absolute Gasteiger partial charge is 0.223 e. The van der Waals surface area contributed by atoms with Gasteiger partial charge in [0.05, 0.1) is 6.54 Å². The Morgan fingerprint density at radius 2 is 2.16 bits per heavy atom. The van der Waals surface area contributed by atoms with Gasteiger partial charge < -0.3 is 5.32 Å². The van der Waals surface area contributed by atoms with Gasteiger partial charge in [-0.1, -0.05) is 30.5 Å². The zero-order valence-corrected chi connectivity index (χ0v) is 15.2. The number of nitrogens with zero attached hydrogens (tertiary/aromatic N) is 3. The van der Waals surface area contributed by atoms with Crippen molar-refractivity contribution in [2.24, 2.45) is 5.92 Å². The molecule has 3 rings (SSSR count). The molecule has 2 aromatic rings. The van der Waals surface area contributed by atoms with Crippen LogP contribution in [0.3, 0.4) is 0 Å². The molecular formula is C18H22ClFN4O. The summed E-state index contributed by atoms with van der Waals surface area (Å²) >= 11 is 6.16. The lowest BCUT2D eigenvalue weighted by atomic mass is 9.78. The van der Waals surface area contributed by atoms with E-state index in [9.17, 15) is 9.18 Å². The van der Waals surface area contributed by atoms with Crippen LogP contribution in [0.2, 0.25) is 5.02 Å². The van der Waals surface area contributed by atoms with E-state index < -0.39 is 0 Å². The second-order valence-corrected chi connectivity index (χ2v) is 6.89. The minimum absolute atomic E-state index is 0.0135. The van der Waals surface area contributed by atoms with E-state index in [0.717, 1.165) is 31.5 Å². The molecule has 1 aromatic heterocycles. The van der Waals surface area contributed by atoms with Crippen LogP contribution in [0.15, 0.2) is 18.2 Å². The lowest BCUT2D eigenvalue weighted by molar-refractivity contribution is -0.126. The molecule has 1 aliphatic rings. The van der Waals surface area contributed by atoms with Gasteiger partial charge >= 0.3 is 0 Å². The molecule has 1 saturated carbocycles. The minimum Gasteiger partial charge on any atom is -0.359 e. The van der Waals surface area contributed by atoms with Gasteiger partial charge in [0.1, 0.15) is 17.5 Å². The maximum atomic E-state index is 14.2. The van der Waals surface area contributed by atoms with Crippen LogP contribution < -0.4 is 5.32 Å². The summed E-state index contributed by atoms with van der Waals surface area (Å²) in [5.74, 6) is 0.880.